The van der Waals surface area contributed by atoms with Crippen molar-refractivity contribution in [2.75, 3.05) is 23.0 Å². The number of rotatable bonds is 9. The molecule has 0 unspecified atom stereocenters. The van der Waals surface area contributed by atoms with E-state index in [0.29, 0.717) is 17.8 Å². The molecule has 2 N–H and O–H groups in total. The van der Waals surface area contributed by atoms with Gasteiger partial charge in [-0.3, -0.25) is 14.4 Å². The molecule has 2 amide bonds. The fourth-order valence-electron chi connectivity index (χ4n) is 2.46. The van der Waals surface area contributed by atoms with E-state index in [1.165, 1.54) is 19.1 Å². The third-order valence-electron chi connectivity index (χ3n) is 3.74. The van der Waals surface area contributed by atoms with E-state index >= 15 is 0 Å². The summed E-state index contributed by atoms with van der Waals surface area (Å²) in [6.07, 6.45) is 4.56. The maximum absolute atomic E-state index is 11.8. The van der Waals surface area contributed by atoms with Gasteiger partial charge < -0.3 is 15.4 Å². The largest absolute Gasteiger partial charge is 0.456 e. The summed E-state index contributed by atoms with van der Waals surface area (Å²) in [7, 11) is 3.87. The molecule has 0 radical (unpaired) electrons. The minimum Gasteiger partial charge on any atom is -0.456 e. The third kappa shape index (κ3) is 8.14. The molecule has 1 aromatic rings. The maximum Gasteiger partial charge on any atom is 0.306 e. The molecule has 0 spiro atoms. The van der Waals surface area contributed by atoms with Crippen LogP contribution in [0.2, 0.25) is 0 Å². The molecule has 0 saturated carbocycles. The Bertz CT molecular complexity index is 616. The molecule has 1 heterocycles. The van der Waals surface area contributed by atoms with Crippen LogP contribution in [-0.2, 0) is 19.1 Å². The Hall–Kier alpha value is -1.67. The summed E-state index contributed by atoms with van der Waals surface area (Å²) in [6, 6.07) is 6.71. The van der Waals surface area contributed by atoms with Crippen LogP contribution in [0.1, 0.15) is 39.0 Å². The van der Waals surface area contributed by atoms with Crippen molar-refractivity contribution in [3.05, 3.63) is 24.3 Å². The summed E-state index contributed by atoms with van der Waals surface area (Å²) in [6.45, 7) is 1.14. The van der Waals surface area contributed by atoms with Crippen LogP contribution in [0.4, 0.5) is 11.4 Å². The van der Waals surface area contributed by atoms with Crippen molar-refractivity contribution in [3.8, 4) is 0 Å². The predicted molar refractivity (Wildman–Crippen MR) is 107 cm³/mol. The van der Waals surface area contributed by atoms with Crippen molar-refractivity contribution in [3.63, 3.8) is 0 Å². The van der Waals surface area contributed by atoms with Gasteiger partial charge in [-0.15, -0.1) is 0 Å². The minimum absolute atomic E-state index is 0.158. The normalized spacial score (nSPS) is 16.1. The second kappa shape index (κ2) is 11.1. The molecule has 1 atom stereocenters. The number of hydrogen-bond donors (Lipinski definition) is 2. The first-order chi connectivity index (χ1) is 12.5. The molecule has 1 saturated heterocycles. The Balaban J connectivity index is 1.58. The second-order valence-electron chi connectivity index (χ2n) is 6.04. The van der Waals surface area contributed by atoms with Gasteiger partial charge in [-0.2, -0.15) is 0 Å². The van der Waals surface area contributed by atoms with E-state index in [4.69, 9.17) is 4.74 Å². The molecule has 0 aromatic heterocycles. The van der Waals surface area contributed by atoms with Crippen LogP contribution in [0.25, 0.3) is 0 Å². The SMILES string of the molecule is CC(=O)Nc1ccc(NC(=O)COC(=O)CCCC[C@H]2CCSS2)cc1. The summed E-state index contributed by atoms with van der Waals surface area (Å²) in [5.41, 5.74) is 1.23. The Morgan fingerprint density at radius 2 is 1.81 bits per heavy atom. The molecular formula is C18H24N2O4S2. The van der Waals surface area contributed by atoms with Crippen LogP contribution in [0.15, 0.2) is 24.3 Å². The summed E-state index contributed by atoms with van der Waals surface area (Å²) in [4.78, 5) is 34.5. The molecule has 1 aliphatic heterocycles. The summed E-state index contributed by atoms with van der Waals surface area (Å²) in [5.74, 6) is 0.344. The number of carbonyl (C=O) groups excluding carboxylic acids is 3. The van der Waals surface area contributed by atoms with Crippen LogP contribution >= 0.6 is 21.6 Å². The number of ether oxygens (including phenoxy) is 1. The Labute approximate surface area is 161 Å². The van der Waals surface area contributed by atoms with Crippen molar-refractivity contribution >= 4 is 50.7 Å². The van der Waals surface area contributed by atoms with Gasteiger partial charge in [0.2, 0.25) is 5.91 Å². The number of esters is 1. The van der Waals surface area contributed by atoms with E-state index in [9.17, 15) is 14.4 Å². The first-order valence-corrected chi connectivity index (χ1v) is 11.0. The Morgan fingerprint density at radius 3 is 2.42 bits per heavy atom. The van der Waals surface area contributed by atoms with E-state index in [1.54, 1.807) is 24.3 Å². The quantitative estimate of drug-likeness (QED) is 0.375. The molecule has 8 heteroatoms. The lowest BCUT2D eigenvalue weighted by Crippen LogP contribution is -2.20. The van der Waals surface area contributed by atoms with Gasteiger partial charge in [0.15, 0.2) is 6.61 Å². The average Bonchev–Trinajstić information content (AvgIpc) is 3.12. The van der Waals surface area contributed by atoms with Crippen LogP contribution in [0.5, 0.6) is 0 Å². The first kappa shape index (κ1) is 20.6. The van der Waals surface area contributed by atoms with Crippen molar-refractivity contribution in [1.82, 2.24) is 0 Å². The molecule has 6 nitrogen and oxygen atoms in total. The Morgan fingerprint density at radius 1 is 1.12 bits per heavy atom. The van der Waals surface area contributed by atoms with Crippen LogP contribution in [0, 0.1) is 0 Å². The van der Waals surface area contributed by atoms with Gasteiger partial charge in [0.05, 0.1) is 0 Å². The van der Waals surface area contributed by atoms with Gasteiger partial charge in [0.25, 0.3) is 5.91 Å². The number of nitrogens with one attached hydrogen (secondary N) is 2. The van der Waals surface area contributed by atoms with Crippen LogP contribution in [-0.4, -0.2) is 35.4 Å². The molecule has 1 fully saturated rings. The van der Waals surface area contributed by atoms with E-state index < -0.39 is 0 Å². The van der Waals surface area contributed by atoms with Crippen LogP contribution < -0.4 is 10.6 Å². The van der Waals surface area contributed by atoms with E-state index in [0.717, 1.165) is 24.5 Å². The lowest BCUT2D eigenvalue weighted by atomic mass is 10.1. The number of amides is 2. The molecule has 142 valence electrons. The molecule has 0 aliphatic carbocycles. The van der Waals surface area contributed by atoms with Crippen molar-refractivity contribution < 1.29 is 19.1 Å². The summed E-state index contributed by atoms with van der Waals surface area (Å²) in [5, 5.41) is 6.01. The van der Waals surface area contributed by atoms with Crippen molar-refractivity contribution in [1.29, 1.82) is 0 Å². The fourth-order valence-corrected chi connectivity index (χ4v) is 5.49. The standard InChI is InChI=1S/C18H24N2O4S2/c1-13(21)19-14-6-8-15(9-7-14)20-17(22)12-24-18(23)5-3-2-4-16-10-11-25-26-16/h6-9,16H,2-5,10-12H2,1H3,(H,19,21)(H,20,22)/t16-/m0/s1. The lowest BCUT2D eigenvalue weighted by Gasteiger charge is -2.08. The van der Waals surface area contributed by atoms with E-state index in [2.05, 4.69) is 10.6 Å². The highest BCUT2D eigenvalue weighted by Gasteiger charge is 2.16. The zero-order chi connectivity index (χ0) is 18.8. The van der Waals surface area contributed by atoms with Gasteiger partial charge >= 0.3 is 5.97 Å². The maximum atomic E-state index is 11.8. The summed E-state index contributed by atoms with van der Waals surface area (Å²) >= 11 is 0. The fraction of sp³-hybridized carbons (Fsp3) is 0.500. The lowest BCUT2D eigenvalue weighted by molar-refractivity contribution is -0.147. The molecule has 0 bridgehead atoms. The zero-order valence-electron chi connectivity index (χ0n) is 14.8. The number of anilines is 2. The van der Waals surface area contributed by atoms with Gasteiger partial charge in [-0.25, -0.2) is 0 Å². The highest BCUT2D eigenvalue weighted by atomic mass is 33.1. The van der Waals surface area contributed by atoms with E-state index in [-0.39, 0.29) is 24.4 Å². The number of benzene rings is 1. The summed E-state index contributed by atoms with van der Waals surface area (Å²) < 4.78 is 5.01. The molecule has 1 aromatic carbocycles. The first-order valence-electron chi connectivity index (χ1n) is 8.64. The second-order valence-corrected chi connectivity index (χ2v) is 8.83. The van der Waals surface area contributed by atoms with E-state index in [1.807, 2.05) is 21.6 Å². The van der Waals surface area contributed by atoms with Crippen LogP contribution in [0.3, 0.4) is 0 Å². The third-order valence-corrected chi connectivity index (χ3v) is 6.74. The van der Waals surface area contributed by atoms with Crippen molar-refractivity contribution in [2.45, 2.75) is 44.3 Å². The van der Waals surface area contributed by atoms with Gasteiger partial charge in [0.1, 0.15) is 0 Å². The van der Waals surface area contributed by atoms with Gasteiger partial charge in [0, 0.05) is 35.7 Å². The predicted octanol–water partition coefficient (Wildman–Crippen LogP) is 3.84. The number of hydrogen-bond acceptors (Lipinski definition) is 6. The Kier molecular flexibility index (Phi) is 8.84. The number of unbranched alkanes of at least 4 members (excludes halogenated alkanes) is 1. The molecule has 1 aliphatic rings. The number of carbonyl (C=O) groups is 3. The zero-order valence-corrected chi connectivity index (χ0v) is 16.4. The molecule has 26 heavy (non-hydrogen) atoms. The topological polar surface area (TPSA) is 84.5 Å². The van der Waals surface area contributed by atoms with Gasteiger partial charge in [-0.1, -0.05) is 28.0 Å². The average molecular weight is 397 g/mol. The smallest absolute Gasteiger partial charge is 0.306 e. The highest BCUT2D eigenvalue weighted by molar-refractivity contribution is 8.77. The molecule has 2 rings (SSSR count). The van der Waals surface area contributed by atoms with Crippen molar-refractivity contribution in [2.24, 2.45) is 0 Å². The molecular weight excluding hydrogens is 372 g/mol. The monoisotopic (exact) mass is 396 g/mol. The van der Waals surface area contributed by atoms with Gasteiger partial charge in [-0.05, 0) is 43.5 Å². The minimum atomic E-state index is -0.384. The highest BCUT2D eigenvalue weighted by Crippen LogP contribution is 2.39.